The number of aryl methyl sites for hydroxylation is 1. The molecule has 29 heavy (non-hydrogen) atoms. The highest BCUT2D eigenvalue weighted by atomic mass is 127. The highest BCUT2D eigenvalue weighted by molar-refractivity contribution is 14.0. The number of nitrogens with zero attached hydrogens (tertiary/aromatic N) is 4. The molecule has 0 amide bonds. The van der Waals surface area contributed by atoms with E-state index in [9.17, 15) is 0 Å². The van der Waals surface area contributed by atoms with E-state index in [1.165, 1.54) is 5.56 Å². The largest absolute Gasteiger partial charge is 0.497 e. The van der Waals surface area contributed by atoms with E-state index in [1.807, 2.05) is 12.1 Å². The van der Waals surface area contributed by atoms with E-state index in [0.29, 0.717) is 5.92 Å². The van der Waals surface area contributed by atoms with Crippen molar-refractivity contribution in [2.75, 3.05) is 26.7 Å². The molecule has 2 N–H and O–H groups in total. The second-order valence-corrected chi connectivity index (χ2v) is 7.16. The Labute approximate surface area is 191 Å². The molecule has 0 aliphatic heterocycles. The zero-order valence-corrected chi connectivity index (χ0v) is 20.3. The lowest BCUT2D eigenvalue weighted by Crippen LogP contribution is -2.40. The van der Waals surface area contributed by atoms with Crippen LogP contribution in [0.15, 0.2) is 35.6 Å². The minimum absolute atomic E-state index is 0. The van der Waals surface area contributed by atoms with E-state index in [-0.39, 0.29) is 24.0 Å². The number of rotatable bonds is 11. The summed E-state index contributed by atoms with van der Waals surface area (Å²) in [6.07, 6.45) is 4.68. The molecule has 1 aromatic carbocycles. The van der Waals surface area contributed by atoms with Crippen molar-refractivity contribution >= 4 is 29.9 Å². The molecule has 0 bridgehead atoms. The van der Waals surface area contributed by atoms with Crippen molar-refractivity contribution in [3.63, 3.8) is 0 Å². The predicted octanol–water partition coefficient (Wildman–Crippen LogP) is 3.29. The van der Waals surface area contributed by atoms with E-state index < -0.39 is 0 Å². The second-order valence-electron chi connectivity index (χ2n) is 7.16. The highest BCUT2D eigenvalue weighted by Crippen LogP contribution is 2.11. The number of methoxy groups -OCH3 is 1. The van der Waals surface area contributed by atoms with Gasteiger partial charge in [-0.15, -0.1) is 34.2 Å². The summed E-state index contributed by atoms with van der Waals surface area (Å²) in [6, 6.07) is 8.19. The van der Waals surface area contributed by atoms with Gasteiger partial charge < -0.3 is 19.9 Å². The van der Waals surface area contributed by atoms with E-state index in [1.54, 1.807) is 13.4 Å². The van der Waals surface area contributed by atoms with Crippen molar-refractivity contribution in [3.05, 3.63) is 42.0 Å². The first kappa shape index (κ1) is 25.2. The zero-order chi connectivity index (χ0) is 20.2. The van der Waals surface area contributed by atoms with Gasteiger partial charge >= 0.3 is 0 Å². The number of halogens is 1. The normalized spacial score (nSPS) is 11.3. The van der Waals surface area contributed by atoms with Crippen LogP contribution < -0.4 is 15.4 Å². The Kier molecular flexibility index (Phi) is 12.3. The number of guanidine groups is 1. The molecule has 0 aliphatic carbocycles. The molecule has 0 saturated heterocycles. The molecule has 1 heterocycles. The summed E-state index contributed by atoms with van der Waals surface area (Å²) in [5.41, 5.74) is 1.27. The van der Waals surface area contributed by atoms with Crippen LogP contribution in [0.1, 0.15) is 38.6 Å². The number of hydrogen-bond donors (Lipinski definition) is 2. The van der Waals surface area contributed by atoms with Crippen molar-refractivity contribution in [1.82, 2.24) is 25.4 Å². The van der Waals surface area contributed by atoms with Gasteiger partial charge in [0.25, 0.3) is 0 Å². The van der Waals surface area contributed by atoms with Gasteiger partial charge in [0, 0.05) is 32.6 Å². The van der Waals surface area contributed by atoms with Crippen LogP contribution in [0.4, 0.5) is 0 Å². The van der Waals surface area contributed by atoms with Gasteiger partial charge in [0.15, 0.2) is 5.96 Å². The molecule has 162 valence electrons. The Morgan fingerprint density at radius 1 is 1.17 bits per heavy atom. The number of benzene rings is 1. The summed E-state index contributed by atoms with van der Waals surface area (Å²) in [5, 5.41) is 15.0. The fourth-order valence-corrected chi connectivity index (χ4v) is 2.76. The maximum atomic E-state index is 5.21. The van der Waals surface area contributed by atoms with Crippen LogP contribution in [0, 0.1) is 5.92 Å². The Balaban J connectivity index is 0.00000420. The number of ether oxygens (including phenoxy) is 1. The molecular weight excluding hydrogens is 479 g/mol. The standard InChI is InChI=1S/C21H34N6O.HI/c1-5-20-26-25-16-27(20)15-14-24-21(22-12-10-17(2)3)23-13-11-18-6-8-19(28-4)9-7-18;/h6-9,16-17H,5,10-15H2,1-4H3,(H2,22,23,24);1H. The van der Waals surface area contributed by atoms with Crippen LogP contribution in [-0.2, 0) is 19.4 Å². The van der Waals surface area contributed by atoms with Crippen LogP contribution in [0.25, 0.3) is 0 Å². The number of nitrogens with one attached hydrogen (secondary N) is 2. The second kappa shape index (κ2) is 14.2. The van der Waals surface area contributed by atoms with E-state index in [2.05, 4.69) is 58.3 Å². The maximum absolute atomic E-state index is 5.21. The first-order valence-corrected chi connectivity index (χ1v) is 10.1. The lowest BCUT2D eigenvalue weighted by atomic mass is 10.1. The lowest BCUT2D eigenvalue weighted by molar-refractivity contribution is 0.414. The number of hydrogen-bond acceptors (Lipinski definition) is 4. The smallest absolute Gasteiger partial charge is 0.191 e. The average Bonchev–Trinajstić information content (AvgIpc) is 3.15. The minimum atomic E-state index is 0. The quantitative estimate of drug-likeness (QED) is 0.274. The summed E-state index contributed by atoms with van der Waals surface area (Å²) in [4.78, 5) is 4.72. The Bertz CT molecular complexity index is 714. The van der Waals surface area contributed by atoms with Crippen molar-refractivity contribution in [3.8, 4) is 5.75 Å². The van der Waals surface area contributed by atoms with E-state index in [4.69, 9.17) is 9.73 Å². The van der Waals surface area contributed by atoms with E-state index in [0.717, 1.165) is 63.0 Å². The number of aromatic nitrogens is 3. The Morgan fingerprint density at radius 2 is 1.90 bits per heavy atom. The molecule has 2 rings (SSSR count). The first-order chi connectivity index (χ1) is 13.6. The maximum Gasteiger partial charge on any atom is 0.191 e. The monoisotopic (exact) mass is 514 g/mol. The number of aliphatic imine (C=N–C) groups is 1. The average molecular weight is 514 g/mol. The molecule has 0 spiro atoms. The van der Waals surface area contributed by atoms with Crippen molar-refractivity contribution in [2.24, 2.45) is 10.9 Å². The molecular formula is C21H35IN6O. The van der Waals surface area contributed by atoms with E-state index >= 15 is 0 Å². The van der Waals surface area contributed by atoms with Gasteiger partial charge in [0.1, 0.15) is 17.9 Å². The van der Waals surface area contributed by atoms with Gasteiger partial charge in [0.2, 0.25) is 0 Å². The molecule has 0 radical (unpaired) electrons. The molecule has 8 heteroatoms. The first-order valence-electron chi connectivity index (χ1n) is 10.1. The van der Waals surface area contributed by atoms with Gasteiger partial charge in [-0.25, -0.2) is 0 Å². The van der Waals surface area contributed by atoms with Gasteiger partial charge in [-0.05, 0) is 36.5 Å². The van der Waals surface area contributed by atoms with Crippen LogP contribution in [0.3, 0.4) is 0 Å². The van der Waals surface area contributed by atoms with Gasteiger partial charge in [-0.2, -0.15) is 0 Å². The van der Waals surface area contributed by atoms with Crippen LogP contribution in [0.5, 0.6) is 5.75 Å². The molecule has 7 nitrogen and oxygen atoms in total. The third-order valence-electron chi connectivity index (χ3n) is 4.50. The SMILES string of the molecule is CCc1nncn1CCNC(=NCCC(C)C)NCCc1ccc(OC)cc1.I. The molecule has 1 aromatic heterocycles. The third-order valence-corrected chi connectivity index (χ3v) is 4.50. The Morgan fingerprint density at radius 3 is 2.55 bits per heavy atom. The van der Waals surface area contributed by atoms with Crippen LogP contribution >= 0.6 is 24.0 Å². The summed E-state index contributed by atoms with van der Waals surface area (Å²) in [5.74, 6) is 3.40. The van der Waals surface area contributed by atoms with Gasteiger partial charge in [-0.1, -0.05) is 32.9 Å². The predicted molar refractivity (Wildman–Crippen MR) is 129 cm³/mol. The summed E-state index contributed by atoms with van der Waals surface area (Å²) in [7, 11) is 1.69. The lowest BCUT2D eigenvalue weighted by Gasteiger charge is -2.14. The molecule has 0 fully saturated rings. The minimum Gasteiger partial charge on any atom is -0.497 e. The fourth-order valence-electron chi connectivity index (χ4n) is 2.76. The van der Waals surface area contributed by atoms with Crippen LogP contribution in [0.2, 0.25) is 0 Å². The van der Waals surface area contributed by atoms with Crippen molar-refractivity contribution in [1.29, 1.82) is 0 Å². The summed E-state index contributed by atoms with van der Waals surface area (Å²) < 4.78 is 7.29. The highest BCUT2D eigenvalue weighted by Gasteiger charge is 2.03. The van der Waals surface area contributed by atoms with Gasteiger partial charge in [-0.3, -0.25) is 4.99 Å². The third kappa shape index (κ3) is 9.47. The molecule has 0 saturated carbocycles. The Hall–Kier alpha value is -1.84. The molecule has 0 unspecified atom stereocenters. The zero-order valence-electron chi connectivity index (χ0n) is 18.0. The molecule has 2 aromatic rings. The van der Waals surface area contributed by atoms with Crippen molar-refractivity contribution in [2.45, 2.75) is 46.6 Å². The van der Waals surface area contributed by atoms with Crippen LogP contribution in [-0.4, -0.2) is 47.5 Å². The van der Waals surface area contributed by atoms with Gasteiger partial charge in [0.05, 0.1) is 7.11 Å². The molecule has 0 aliphatic rings. The summed E-state index contributed by atoms with van der Waals surface area (Å²) in [6.45, 7) is 9.78. The van der Waals surface area contributed by atoms with Crippen molar-refractivity contribution < 1.29 is 4.74 Å². The molecule has 0 atom stereocenters. The fraction of sp³-hybridized carbons (Fsp3) is 0.571. The topological polar surface area (TPSA) is 76.4 Å². The summed E-state index contributed by atoms with van der Waals surface area (Å²) >= 11 is 0.